The van der Waals surface area contributed by atoms with Crippen LogP contribution in [0.1, 0.15) is 27.2 Å². The van der Waals surface area contributed by atoms with Crippen LogP contribution < -0.4 is 10.6 Å². The van der Waals surface area contributed by atoms with E-state index in [2.05, 4.69) is 17.6 Å². The van der Waals surface area contributed by atoms with Gasteiger partial charge in [-0.3, -0.25) is 4.79 Å². The first kappa shape index (κ1) is 13.5. The number of carbonyl (C=O) groups is 1. The maximum atomic E-state index is 11.8. The Morgan fingerprint density at radius 2 is 2.25 bits per heavy atom. The molecule has 0 saturated carbocycles. The van der Waals surface area contributed by atoms with Crippen molar-refractivity contribution in [1.82, 2.24) is 10.6 Å². The van der Waals surface area contributed by atoms with Crippen molar-refractivity contribution < 1.29 is 9.53 Å². The van der Waals surface area contributed by atoms with E-state index in [1.165, 1.54) is 0 Å². The van der Waals surface area contributed by atoms with Crippen molar-refractivity contribution in [3.63, 3.8) is 0 Å². The first-order chi connectivity index (χ1) is 7.61. The number of amides is 1. The monoisotopic (exact) mass is 228 g/mol. The molecule has 4 heteroatoms. The zero-order valence-corrected chi connectivity index (χ0v) is 10.6. The maximum absolute atomic E-state index is 11.8. The SMILES string of the molecule is CC(C)OCCCNC(=O)[C@@H]1CNC[C@H]1C. The highest BCUT2D eigenvalue weighted by atomic mass is 16.5. The third-order valence-electron chi connectivity index (χ3n) is 2.93. The van der Waals surface area contributed by atoms with Crippen LogP contribution in [0.25, 0.3) is 0 Å². The first-order valence-electron chi connectivity index (χ1n) is 6.21. The average Bonchev–Trinajstić information content (AvgIpc) is 2.63. The summed E-state index contributed by atoms with van der Waals surface area (Å²) in [6.07, 6.45) is 1.16. The Hall–Kier alpha value is -0.610. The van der Waals surface area contributed by atoms with Gasteiger partial charge in [0, 0.05) is 19.7 Å². The van der Waals surface area contributed by atoms with Gasteiger partial charge in [-0.15, -0.1) is 0 Å². The van der Waals surface area contributed by atoms with Crippen molar-refractivity contribution >= 4 is 5.91 Å². The second-order valence-corrected chi connectivity index (χ2v) is 4.81. The Bertz CT molecular complexity index is 219. The number of nitrogens with one attached hydrogen (secondary N) is 2. The van der Waals surface area contributed by atoms with Gasteiger partial charge < -0.3 is 15.4 Å². The first-order valence-corrected chi connectivity index (χ1v) is 6.21. The molecule has 0 bridgehead atoms. The molecule has 1 amide bonds. The Morgan fingerprint density at radius 3 is 2.81 bits per heavy atom. The third kappa shape index (κ3) is 4.49. The summed E-state index contributed by atoms with van der Waals surface area (Å²) in [7, 11) is 0. The van der Waals surface area contributed by atoms with Crippen LogP contribution in [0.5, 0.6) is 0 Å². The lowest BCUT2D eigenvalue weighted by Gasteiger charge is -2.14. The molecule has 16 heavy (non-hydrogen) atoms. The van der Waals surface area contributed by atoms with Crippen molar-refractivity contribution in [2.24, 2.45) is 11.8 Å². The van der Waals surface area contributed by atoms with Gasteiger partial charge in [0.25, 0.3) is 0 Å². The Labute approximate surface area is 98.1 Å². The van der Waals surface area contributed by atoms with Crippen LogP contribution in [0.4, 0.5) is 0 Å². The molecule has 94 valence electrons. The van der Waals surface area contributed by atoms with Crippen LogP contribution >= 0.6 is 0 Å². The molecule has 2 N–H and O–H groups in total. The number of rotatable bonds is 6. The van der Waals surface area contributed by atoms with E-state index in [9.17, 15) is 4.79 Å². The quantitative estimate of drug-likeness (QED) is 0.660. The molecular formula is C12H24N2O2. The molecule has 0 aromatic heterocycles. The minimum atomic E-state index is 0.144. The van der Waals surface area contributed by atoms with Crippen molar-refractivity contribution in [2.45, 2.75) is 33.3 Å². The smallest absolute Gasteiger partial charge is 0.224 e. The fraction of sp³-hybridized carbons (Fsp3) is 0.917. The highest BCUT2D eigenvalue weighted by Crippen LogP contribution is 2.15. The molecule has 0 unspecified atom stereocenters. The maximum Gasteiger partial charge on any atom is 0.224 e. The lowest BCUT2D eigenvalue weighted by molar-refractivity contribution is -0.125. The van der Waals surface area contributed by atoms with Crippen LogP contribution in [0.3, 0.4) is 0 Å². The van der Waals surface area contributed by atoms with Gasteiger partial charge in [0.1, 0.15) is 0 Å². The molecule has 1 rings (SSSR count). The zero-order chi connectivity index (χ0) is 12.0. The topological polar surface area (TPSA) is 50.4 Å². The lowest BCUT2D eigenvalue weighted by atomic mass is 9.97. The van der Waals surface area contributed by atoms with Gasteiger partial charge in [-0.1, -0.05) is 6.92 Å². The summed E-state index contributed by atoms with van der Waals surface area (Å²) >= 11 is 0. The third-order valence-corrected chi connectivity index (χ3v) is 2.93. The summed E-state index contributed by atoms with van der Waals surface area (Å²) in [4.78, 5) is 11.8. The largest absolute Gasteiger partial charge is 0.379 e. The highest BCUT2D eigenvalue weighted by molar-refractivity contribution is 5.79. The number of hydrogen-bond donors (Lipinski definition) is 2. The van der Waals surface area contributed by atoms with E-state index in [1.54, 1.807) is 0 Å². The molecule has 0 radical (unpaired) electrons. The lowest BCUT2D eigenvalue weighted by Crippen LogP contribution is -2.35. The van der Waals surface area contributed by atoms with Crippen molar-refractivity contribution in [2.75, 3.05) is 26.2 Å². The molecule has 0 aromatic carbocycles. The van der Waals surface area contributed by atoms with Crippen LogP contribution in [0.2, 0.25) is 0 Å². The van der Waals surface area contributed by atoms with Crippen LogP contribution in [0, 0.1) is 11.8 Å². The van der Waals surface area contributed by atoms with E-state index < -0.39 is 0 Å². The number of hydrogen-bond acceptors (Lipinski definition) is 3. The summed E-state index contributed by atoms with van der Waals surface area (Å²) in [5.41, 5.74) is 0. The van der Waals surface area contributed by atoms with Crippen LogP contribution in [-0.2, 0) is 9.53 Å². The minimum absolute atomic E-state index is 0.144. The average molecular weight is 228 g/mol. The van der Waals surface area contributed by atoms with Crippen molar-refractivity contribution in [3.8, 4) is 0 Å². The summed E-state index contributed by atoms with van der Waals surface area (Å²) in [6, 6.07) is 0. The van der Waals surface area contributed by atoms with Crippen molar-refractivity contribution in [3.05, 3.63) is 0 Å². The molecule has 0 aliphatic carbocycles. The van der Waals surface area contributed by atoms with Gasteiger partial charge in [-0.2, -0.15) is 0 Å². The predicted molar refractivity (Wildman–Crippen MR) is 64.2 cm³/mol. The summed E-state index contributed by atoms with van der Waals surface area (Å²) in [6.45, 7) is 9.36. The predicted octanol–water partition coefficient (Wildman–Crippen LogP) is 0.773. The number of ether oxygens (including phenoxy) is 1. The molecule has 0 spiro atoms. The minimum Gasteiger partial charge on any atom is -0.379 e. The van der Waals surface area contributed by atoms with Gasteiger partial charge in [-0.05, 0) is 32.7 Å². The molecule has 2 atom stereocenters. The van der Waals surface area contributed by atoms with Gasteiger partial charge in [0.05, 0.1) is 12.0 Å². The summed E-state index contributed by atoms with van der Waals surface area (Å²) in [5.74, 6) is 0.778. The van der Waals surface area contributed by atoms with E-state index >= 15 is 0 Å². The fourth-order valence-electron chi connectivity index (χ4n) is 1.89. The van der Waals surface area contributed by atoms with Crippen LogP contribution in [-0.4, -0.2) is 38.3 Å². The Balaban J connectivity index is 2.06. The fourth-order valence-corrected chi connectivity index (χ4v) is 1.89. The second-order valence-electron chi connectivity index (χ2n) is 4.81. The van der Waals surface area contributed by atoms with Gasteiger partial charge in [0.15, 0.2) is 0 Å². The molecule has 0 aromatic rings. The standard InChI is InChI=1S/C12H24N2O2/c1-9(2)16-6-4-5-14-12(15)11-8-13-7-10(11)3/h9-11,13H,4-8H2,1-3H3,(H,14,15)/t10-,11-/m1/s1. The Morgan fingerprint density at radius 1 is 1.50 bits per heavy atom. The molecule has 1 heterocycles. The summed E-state index contributed by atoms with van der Waals surface area (Å²) < 4.78 is 5.41. The van der Waals surface area contributed by atoms with Crippen LogP contribution in [0.15, 0.2) is 0 Å². The normalized spacial score (nSPS) is 25.0. The molecule has 1 aliphatic heterocycles. The molecule has 4 nitrogen and oxygen atoms in total. The summed E-state index contributed by atoms with van der Waals surface area (Å²) in [5, 5.41) is 6.20. The highest BCUT2D eigenvalue weighted by Gasteiger charge is 2.28. The van der Waals surface area contributed by atoms with Gasteiger partial charge in [0.2, 0.25) is 5.91 Å². The Kier molecular flexibility index (Phi) is 5.77. The van der Waals surface area contributed by atoms with E-state index in [1.807, 2.05) is 13.8 Å². The zero-order valence-electron chi connectivity index (χ0n) is 10.6. The van der Waals surface area contributed by atoms with Crippen molar-refractivity contribution in [1.29, 1.82) is 0 Å². The van der Waals surface area contributed by atoms with E-state index in [0.717, 1.165) is 32.7 Å². The van der Waals surface area contributed by atoms with Gasteiger partial charge >= 0.3 is 0 Å². The molecule has 1 saturated heterocycles. The molecule has 1 fully saturated rings. The number of carbonyl (C=O) groups excluding carboxylic acids is 1. The van der Waals surface area contributed by atoms with Gasteiger partial charge in [-0.25, -0.2) is 0 Å². The molecule has 1 aliphatic rings. The second kappa shape index (κ2) is 6.86. The molecular weight excluding hydrogens is 204 g/mol. The van der Waals surface area contributed by atoms with E-state index in [0.29, 0.717) is 5.92 Å². The van der Waals surface area contributed by atoms with E-state index in [4.69, 9.17) is 4.74 Å². The van der Waals surface area contributed by atoms with E-state index in [-0.39, 0.29) is 17.9 Å².